The van der Waals surface area contributed by atoms with Crippen LogP contribution < -0.4 is 15.4 Å². The smallest absolute Gasteiger partial charge is 0.251 e. The largest absolute Gasteiger partial charge is 0.494 e. The van der Waals surface area contributed by atoms with Gasteiger partial charge in [0.25, 0.3) is 5.91 Å². The predicted octanol–water partition coefficient (Wildman–Crippen LogP) is 2.97. The van der Waals surface area contributed by atoms with Crippen LogP contribution in [0, 0.1) is 0 Å². The standard InChI is InChI=1S/C18H20N2O3/c1-3-23-17-7-5-4-6-15(17)12-19-18(22)14-8-10-16(11-9-14)20-13(2)21/h4-11H,3,12H2,1-2H3,(H,19,22)(H,20,21). The van der Waals surface area contributed by atoms with E-state index in [0.717, 1.165) is 11.3 Å². The molecule has 2 amide bonds. The number of carbonyl (C=O) groups is 2. The number of hydrogen-bond donors (Lipinski definition) is 2. The van der Waals surface area contributed by atoms with Crippen molar-refractivity contribution in [2.45, 2.75) is 20.4 Å². The van der Waals surface area contributed by atoms with Gasteiger partial charge in [-0.2, -0.15) is 0 Å². The molecule has 0 aliphatic heterocycles. The van der Waals surface area contributed by atoms with E-state index in [1.165, 1.54) is 6.92 Å². The van der Waals surface area contributed by atoms with E-state index >= 15 is 0 Å². The molecule has 0 spiro atoms. The van der Waals surface area contributed by atoms with E-state index in [2.05, 4.69) is 10.6 Å². The minimum absolute atomic E-state index is 0.144. The van der Waals surface area contributed by atoms with E-state index in [4.69, 9.17) is 4.74 Å². The molecule has 0 saturated carbocycles. The summed E-state index contributed by atoms with van der Waals surface area (Å²) in [5, 5.41) is 5.53. The van der Waals surface area contributed by atoms with Gasteiger partial charge in [-0.1, -0.05) is 18.2 Å². The number of nitrogens with one attached hydrogen (secondary N) is 2. The quantitative estimate of drug-likeness (QED) is 0.861. The SMILES string of the molecule is CCOc1ccccc1CNC(=O)c1ccc(NC(C)=O)cc1. The van der Waals surface area contributed by atoms with Crippen molar-refractivity contribution in [1.82, 2.24) is 5.32 Å². The van der Waals surface area contributed by atoms with E-state index < -0.39 is 0 Å². The topological polar surface area (TPSA) is 67.4 Å². The fourth-order valence-electron chi connectivity index (χ4n) is 2.13. The summed E-state index contributed by atoms with van der Waals surface area (Å²) in [4.78, 5) is 23.2. The summed E-state index contributed by atoms with van der Waals surface area (Å²) in [6.07, 6.45) is 0. The molecule has 2 rings (SSSR count). The van der Waals surface area contributed by atoms with E-state index in [0.29, 0.717) is 24.4 Å². The van der Waals surface area contributed by atoms with Crippen LogP contribution in [0.5, 0.6) is 5.75 Å². The number of amides is 2. The van der Waals surface area contributed by atoms with Crippen molar-refractivity contribution >= 4 is 17.5 Å². The molecular weight excluding hydrogens is 292 g/mol. The lowest BCUT2D eigenvalue weighted by molar-refractivity contribution is -0.114. The zero-order valence-corrected chi connectivity index (χ0v) is 13.3. The van der Waals surface area contributed by atoms with Crippen molar-refractivity contribution in [3.05, 3.63) is 59.7 Å². The third-order valence-electron chi connectivity index (χ3n) is 3.18. The highest BCUT2D eigenvalue weighted by Crippen LogP contribution is 2.18. The molecular formula is C18H20N2O3. The molecule has 0 aliphatic rings. The van der Waals surface area contributed by atoms with Crippen molar-refractivity contribution in [3.63, 3.8) is 0 Å². The van der Waals surface area contributed by atoms with Crippen LogP contribution in [-0.4, -0.2) is 18.4 Å². The lowest BCUT2D eigenvalue weighted by Crippen LogP contribution is -2.23. The third kappa shape index (κ3) is 4.85. The fourth-order valence-corrected chi connectivity index (χ4v) is 2.13. The Morgan fingerprint density at radius 2 is 1.74 bits per heavy atom. The molecule has 120 valence electrons. The average Bonchev–Trinajstić information content (AvgIpc) is 2.54. The molecule has 0 aromatic heterocycles. The van der Waals surface area contributed by atoms with Gasteiger partial charge in [-0.15, -0.1) is 0 Å². The van der Waals surface area contributed by atoms with Crippen molar-refractivity contribution < 1.29 is 14.3 Å². The van der Waals surface area contributed by atoms with Crippen LogP contribution in [0.4, 0.5) is 5.69 Å². The molecule has 0 unspecified atom stereocenters. The van der Waals surface area contributed by atoms with Gasteiger partial charge >= 0.3 is 0 Å². The molecule has 0 fully saturated rings. The van der Waals surface area contributed by atoms with Gasteiger partial charge in [0, 0.05) is 30.3 Å². The Balaban J connectivity index is 1.98. The second-order valence-corrected chi connectivity index (χ2v) is 4.98. The molecule has 0 radical (unpaired) electrons. The summed E-state index contributed by atoms with van der Waals surface area (Å²) in [7, 11) is 0. The maximum atomic E-state index is 12.2. The second-order valence-electron chi connectivity index (χ2n) is 4.98. The first-order valence-corrected chi connectivity index (χ1v) is 7.46. The molecule has 0 atom stereocenters. The minimum Gasteiger partial charge on any atom is -0.494 e. The van der Waals surface area contributed by atoms with Gasteiger partial charge in [0.1, 0.15) is 5.75 Å². The normalized spacial score (nSPS) is 10.0. The number of ether oxygens (including phenoxy) is 1. The molecule has 5 heteroatoms. The van der Waals surface area contributed by atoms with Crippen LogP contribution in [0.3, 0.4) is 0 Å². The molecule has 2 aromatic carbocycles. The maximum absolute atomic E-state index is 12.2. The van der Waals surface area contributed by atoms with E-state index in [9.17, 15) is 9.59 Å². The number of benzene rings is 2. The van der Waals surface area contributed by atoms with Crippen LogP contribution in [0.2, 0.25) is 0 Å². The van der Waals surface area contributed by atoms with Crippen LogP contribution in [0.1, 0.15) is 29.8 Å². The van der Waals surface area contributed by atoms with E-state index in [1.54, 1.807) is 24.3 Å². The van der Waals surface area contributed by atoms with Gasteiger partial charge in [-0.3, -0.25) is 9.59 Å². The summed E-state index contributed by atoms with van der Waals surface area (Å²) in [5.41, 5.74) is 2.13. The van der Waals surface area contributed by atoms with Crippen molar-refractivity contribution in [1.29, 1.82) is 0 Å². The first kappa shape index (κ1) is 16.5. The van der Waals surface area contributed by atoms with Gasteiger partial charge < -0.3 is 15.4 Å². The van der Waals surface area contributed by atoms with Gasteiger partial charge in [0.2, 0.25) is 5.91 Å². The highest BCUT2D eigenvalue weighted by Gasteiger charge is 2.08. The van der Waals surface area contributed by atoms with E-state index in [1.807, 2.05) is 31.2 Å². The molecule has 5 nitrogen and oxygen atoms in total. The van der Waals surface area contributed by atoms with Gasteiger partial charge in [-0.05, 0) is 37.3 Å². The lowest BCUT2D eigenvalue weighted by atomic mass is 10.1. The Morgan fingerprint density at radius 1 is 1.04 bits per heavy atom. The van der Waals surface area contributed by atoms with Crippen LogP contribution in [0.15, 0.2) is 48.5 Å². The maximum Gasteiger partial charge on any atom is 0.251 e. The highest BCUT2D eigenvalue weighted by molar-refractivity contribution is 5.95. The van der Waals surface area contributed by atoms with Crippen molar-refractivity contribution in [2.75, 3.05) is 11.9 Å². The van der Waals surface area contributed by atoms with Gasteiger partial charge in [0.05, 0.1) is 6.61 Å². The summed E-state index contributed by atoms with van der Waals surface area (Å²) < 4.78 is 5.54. The number of anilines is 1. The Labute approximate surface area is 135 Å². The van der Waals surface area contributed by atoms with Crippen molar-refractivity contribution in [2.24, 2.45) is 0 Å². The third-order valence-corrected chi connectivity index (χ3v) is 3.18. The molecule has 0 aliphatic carbocycles. The number of para-hydroxylation sites is 1. The minimum atomic E-state index is -0.175. The average molecular weight is 312 g/mol. The number of carbonyl (C=O) groups excluding carboxylic acids is 2. The Kier molecular flexibility index (Phi) is 5.74. The number of rotatable bonds is 6. The molecule has 0 heterocycles. The van der Waals surface area contributed by atoms with Gasteiger partial charge in [0.15, 0.2) is 0 Å². The molecule has 23 heavy (non-hydrogen) atoms. The summed E-state index contributed by atoms with van der Waals surface area (Å²) in [6.45, 7) is 4.33. The fraction of sp³-hybridized carbons (Fsp3) is 0.222. The van der Waals surface area contributed by atoms with E-state index in [-0.39, 0.29) is 11.8 Å². The van der Waals surface area contributed by atoms with Crippen LogP contribution in [0.25, 0.3) is 0 Å². The monoisotopic (exact) mass is 312 g/mol. The Morgan fingerprint density at radius 3 is 2.39 bits per heavy atom. The number of hydrogen-bond acceptors (Lipinski definition) is 3. The molecule has 2 N–H and O–H groups in total. The second kappa shape index (κ2) is 7.98. The van der Waals surface area contributed by atoms with Gasteiger partial charge in [-0.25, -0.2) is 0 Å². The first-order valence-electron chi connectivity index (χ1n) is 7.46. The van der Waals surface area contributed by atoms with Crippen LogP contribution >= 0.6 is 0 Å². The zero-order chi connectivity index (χ0) is 16.7. The van der Waals surface area contributed by atoms with Crippen molar-refractivity contribution in [3.8, 4) is 5.75 Å². The van der Waals surface area contributed by atoms with Crippen LogP contribution in [-0.2, 0) is 11.3 Å². The predicted molar refractivity (Wildman–Crippen MR) is 89.5 cm³/mol. The summed E-state index contributed by atoms with van der Waals surface area (Å²) in [5.74, 6) is 0.455. The summed E-state index contributed by atoms with van der Waals surface area (Å²) >= 11 is 0. The molecule has 0 saturated heterocycles. The lowest BCUT2D eigenvalue weighted by Gasteiger charge is -2.11. The Bertz CT molecular complexity index is 681. The zero-order valence-electron chi connectivity index (χ0n) is 13.3. The molecule has 0 bridgehead atoms. The summed E-state index contributed by atoms with van der Waals surface area (Å²) in [6, 6.07) is 14.4. The molecule has 2 aromatic rings. The highest BCUT2D eigenvalue weighted by atomic mass is 16.5. The Hall–Kier alpha value is -2.82. The first-order chi connectivity index (χ1) is 11.1.